The number of halogens is 3. The number of alkyl halides is 3. The van der Waals surface area contributed by atoms with Gasteiger partial charge in [0.25, 0.3) is 0 Å². The van der Waals surface area contributed by atoms with Crippen LogP contribution in [0.15, 0.2) is 53.4 Å². The maximum atomic E-state index is 13.0. The predicted octanol–water partition coefficient (Wildman–Crippen LogP) is 4.76. The molecule has 0 fully saturated rings. The Morgan fingerprint density at radius 1 is 1.07 bits per heavy atom. The van der Waals surface area contributed by atoms with E-state index in [2.05, 4.69) is 5.10 Å². The molecular weight excluding hydrogens is 389 g/mol. The van der Waals surface area contributed by atoms with Crippen molar-refractivity contribution in [2.45, 2.75) is 30.5 Å². The minimum Gasteiger partial charge on any atom is -0.264 e. The third-order valence-corrected chi connectivity index (χ3v) is 6.08. The molecule has 1 unspecified atom stereocenters. The first-order chi connectivity index (χ1) is 13.0. The lowest BCUT2D eigenvalue weighted by Gasteiger charge is -2.24. The lowest BCUT2D eigenvalue weighted by molar-refractivity contribution is -0.141. The molecule has 28 heavy (non-hydrogen) atoms. The Morgan fingerprint density at radius 2 is 1.79 bits per heavy atom. The summed E-state index contributed by atoms with van der Waals surface area (Å²) in [6.45, 7) is 2.29. The molecule has 0 bridgehead atoms. The number of fused-ring (bicyclic) bond motifs is 3. The van der Waals surface area contributed by atoms with Gasteiger partial charge in [-0.05, 0) is 34.9 Å². The Bertz CT molecular complexity index is 1180. The van der Waals surface area contributed by atoms with Crippen LogP contribution in [0.25, 0.3) is 22.4 Å². The third kappa shape index (κ3) is 3.22. The van der Waals surface area contributed by atoms with Gasteiger partial charge in [-0.3, -0.25) is 4.68 Å². The van der Waals surface area contributed by atoms with Crippen molar-refractivity contribution in [2.75, 3.05) is 6.26 Å². The van der Waals surface area contributed by atoms with E-state index in [1.165, 1.54) is 10.7 Å². The SMILES string of the molecule is CC1Cn2nc(C(F)(F)F)cc2-c2ccc(-c3cccc(S(C)(=O)=O)c3)cc21. The largest absolute Gasteiger partial charge is 0.435 e. The fraction of sp³-hybridized carbons (Fsp3) is 0.250. The third-order valence-electron chi connectivity index (χ3n) is 4.97. The molecule has 1 aromatic heterocycles. The van der Waals surface area contributed by atoms with Crippen molar-refractivity contribution in [3.63, 3.8) is 0 Å². The molecule has 3 aromatic rings. The zero-order valence-corrected chi connectivity index (χ0v) is 16.0. The molecule has 0 spiro atoms. The van der Waals surface area contributed by atoms with Crippen LogP contribution in [0, 0.1) is 0 Å². The lowest BCUT2D eigenvalue weighted by Crippen LogP contribution is -2.16. The summed E-state index contributed by atoms with van der Waals surface area (Å²) < 4.78 is 64.2. The monoisotopic (exact) mass is 406 g/mol. The molecule has 8 heteroatoms. The highest BCUT2D eigenvalue weighted by Crippen LogP contribution is 2.40. The molecule has 1 aliphatic heterocycles. The molecule has 0 aliphatic carbocycles. The fourth-order valence-electron chi connectivity index (χ4n) is 3.56. The number of rotatable bonds is 2. The predicted molar refractivity (Wildman–Crippen MR) is 99.6 cm³/mol. The van der Waals surface area contributed by atoms with Gasteiger partial charge < -0.3 is 0 Å². The summed E-state index contributed by atoms with van der Waals surface area (Å²) in [6.07, 6.45) is -3.33. The van der Waals surface area contributed by atoms with Crippen molar-refractivity contribution >= 4 is 9.84 Å². The van der Waals surface area contributed by atoms with Crippen LogP contribution < -0.4 is 0 Å². The first-order valence-corrected chi connectivity index (χ1v) is 10.5. The van der Waals surface area contributed by atoms with Gasteiger partial charge in [-0.25, -0.2) is 8.42 Å². The van der Waals surface area contributed by atoms with Gasteiger partial charge in [-0.2, -0.15) is 18.3 Å². The van der Waals surface area contributed by atoms with E-state index in [1.54, 1.807) is 24.3 Å². The van der Waals surface area contributed by atoms with Crippen molar-refractivity contribution in [1.82, 2.24) is 9.78 Å². The second-order valence-corrected chi connectivity index (χ2v) is 9.11. The van der Waals surface area contributed by atoms with Crippen LogP contribution in [0.5, 0.6) is 0 Å². The molecule has 0 saturated carbocycles. The Labute approximate surface area is 160 Å². The summed E-state index contributed by atoms with van der Waals surface area (Å²) in [5.41, 5.74) is 2.74. The van der Waals surface area contributed by atoms with E-state index in [4.69, 9.17) is 0 Å². The summed E-state index contributed by atoms with van der Waals surface area (Å²) in [7, 11) is -3.33. The zero-order valence-electron chi connectivity index (χ0n) is 15.2. The van der Waals surface area contributed by atoms with Gasteiger partial charge >= 0.3 is 6.18 Å². The van der Waals surface area contributed by atoms with Crippen LogP contribution in [0.3, 0.4) is 0 Å². The Morgan fingerprint density at radius 3 is 2.46 bits per heavy atom. The quantitative estimate of drug-likeness (QED) is 0.617. The average molecular weight is 406 g/mol. The highest BCUT2D eigenvalue weighted by molar-refractivity contribution is 7.90. The van der Waals surface area contributed by atoms with E-state index in [-0.39, 0.29) is 10.8 Å². The molecule has 1 atom stereocenters. The van der Waals surface area contributed by atoms with E-state index in [9.17, 15) is 21.6 Å². The minimum atomic E-state index is -4.49. The fourth-order valence-corrected chi connectivity index (χ4v) is 4.23. The van der Waals surface area contributed by atoms with Crippen molar-refractivity contribution in [3.05, 3.63) is 59.8 Å². The lowest BCUT2D eigenvalue weighted by atomic mass is 9.88. The van der Waals surface area contributed by atoms with Crippen molar-refractivity contribution in [1.29, 1.82) is 0 Å². The average Bonchev–Trinajstić information content (AvgIpc) is 3.05. The van der Waals surface area contributed by atoms with E-state index < -0.39 is 21.7 Å². The summed E-state index contributed by atoms with van der Waals surface area (Å²) >= 11 is 0. The van der Waals surface area contributed by atoms with Gasteiger partial charge in [-0.15, -0.1) is 0 Å². The first-order valence-electron chi connectivity index (χ1n) is 8.64. The van der Waals surface area contributed by atoms with Crippen LogP contribution in [0.1, 0.15) is 24.1 Å². The van der Waals surface area contributed by atoms with Crippen molar-refractivity contribution in [2.24, 2.45) is 0 Å². The van der Waals surface area contributed by atoms with Gasteiger partial charge in [0.15, 0.2) is 15.5 Å². The van der Waals surface area contributed by atoms with E-state index in [0.717, 1.165) is 29.0 Å². The van der Waals surface area contributed by atoms with Gasteiger partial charge in [0, 0.05) is 24.3 Å². The standard InChI is InChI=1S/C20H17F3N2O2S/c1-12-11-25-18(10-19(24-25)20(21,22)23)16-7-6-14(9-17(12)16)13-4-3-5-15(8-13)28(2,26)27/h3-10,12H,11H2,1-2H3. The Balaban J connectivity index is 1.82. The smallest absolute Gasteiger partial charge is 0.264 e. The summed E-state index contributed by atoms with van der Waals surface area (Å²) in [4.78, 5) is 0.226. The van der Waals surface area contributed by atoms with E-state index >= 15 is 0 Å². The van der Waals surface area contributed by atoms with Crippen LogP contribution >= 0.6 is 0 Å². The Hall–Kier alpha value is -2.61. The van der Waals surface area contributed by atoms with Crippen molar-refractivity contribution < 1.29 is 21.6 Å². The Kier molecular flexibility index (Phi) is 4.15. The van der Waals surface area contributed by atoms with E-state index in [1.807, 2.05) is 19.1 Å². The van der Waals surface area contributed by atoms with E-state index in [0.29, 0.717) is 17.8 Å². The molecule has 146 valence electrons. The zero-order chi connectivity index (χ0) is 20.3. The first kappa shape index (κ1) is 18.7. The molecule has 0 amide bonds. The highest BCUT2D eigenvalue weighted by atomic mass is 32.2. The molecule has 0 radical (unpaired) electrons. The summed E-state index contributed by atoms with van der Waals surface area (Å²) in [5.74, 6) is -0.0264. The molecule has 2 aromatic carbocycles. The topological polar surface area (TPSA) is 52.0 Å². The molecule has 1 aliphatic rings. The molecule has 2 heterocycles. The normalized spacial score (nSPS) is 16.5. The summed E-state index contributed by atoms with van der Waals surface area (Å²) in [6, 6.07) is 13.2. The maximum absolute atomic E-state index is 13.0. The highest BCUT2D eigenvalue weighted by Gasteiger charge is 2.36. The van der Waals surface area contributed by atoms with Crippen LogP contribution in [-0.2, 0) is 22.6 Å². The van der Waals surface area contributed by atoms with Gasteiger partial charge in [0.1, 0.15) is 0 Å². The molecule has 0 saturated heterocycles. The maximum Gasteiger partial charge on any atom is 0.435 e. The summed E-state index contributed by atoms with van der Waals surface area (Å²) in [5, 5.41) is 3.72. The second kappa shape index (κ2) is 6.20. The molecular formula is C20H17F3N2O2S. The number of aromatic nitrogens is 2. The number of sulfone groups is 1. The van der Waals surface area contributed by atoms with Crippen LogP contribution in [0.4, 0.5) is 13.2 Å². The molecule has 0 N–H and O–H groups in total. The number of nitrogens with zero attached hydrogens (tertiary/aromatic N) is 2. The van der Waals surface area contributed by atoms with Crippen molar-refractivity contribution in [3.8, 4) is 22.4 Å². The van der Waals surface area contributed by atoms with Crippen LogP contribution in [-0.4, -0.2) is 24.5 Å². The van der Waals surface area contributed by atoms with Gasteiger partial charge in [0.2, 0.25) is 0 Å². The van der Waals surface area contributed by atoms with Gasteiger partial charge in [0.05, 0.1) is 10.6 Å². The number of hydrogen-bond acceptors (Lipinski definition) is 3. The molecule has 4 nitrogen and oxygen atoms in total. The number of hydrogen-bond donors (Lipinski definition) is 0. The van der Waals surface area contributed by atoms with Gasteiger partial charge in [-0.1, -0.05) is 37.3 Å². The minimum absolute atomic E-state index is 0.0264. The number of benzene rings is 2. The van der Waals surface area contributed by atoms with Crippen LogP contribution in [0.2, 0.25) is 0 Å². The molecule has 4 rings (SSSR count). The second-order valence-electron chi connectivity index (χ2n) is 7.10.